The number of hydrogen-bond donors (Lipinski definition) is 1. The Labute approximate surface area is 111 Å². The summed E-state index contributed by atoms with van der Waals surface area (Å²) in [7, 11) is 0. The van der Waals surface area contributed by atoms with Crippen LogP contribution in [0, 0.1) is 11.7 Å². The minimum absolute atomic E-state index is 0.335. The first-order chi connectivity index (χ1) is 8.81. The summed E-state index contributed by atoms with van der Waals surface area (Å²) < 4.78 is 40.1. The van der Waals surface area contributed by atoms with Crippen LogP contribution in [0.3, 0.4) is 0 Å². The number of rotatable bonds is 5. The van der Waals surface area contributed by atoms with Crippen LogP contribution in [0.4, 0.5) is 18.9 Å². The molecule has 0 spiro atoms. The summed E-state index contributed by atoms with van der Waals surface area (Å²) in [6.07, 6.45) is 0.0709. The molecule has 0 fully saturated rings. The Morgan fingerprint density at radius 1 is 1.37 bits per heavy atom. The minimum Gasteiger partial charge on any atom is -0.326 e. The van der Waals surface area contributed by atoms with Crippen LogP contribution in [-0.2, 0) is 11.2 Å². The van der Waals surface area contributed by atoms with E-state index in [1.165, 1.54) is 32.0 Å². The summed E-state index contributed by atoms with van der Waals surface area (Å²) in [6.45, 7) is 4.29. The molecule has 1 unspecified atom stereocenters. The van der Waals surface area contributed by atoms with Crippen LogP contribution in [0.25, 0.3) is 0 Å². The number of amides is 1. The Balaban J connectivity index is 2.83. The molecule has 0 bridgehead atoms. The van der Waals surface area contributed by atoms with E-state index in [4.69, 9.17) is 0 Å². The van der Waals surface area contributed by atoms with Crippen molar-refractivity contribution in [3.8, 4) is 0 Å². The lowest BCUT2D eigenvalue weighted by Gasteiger charge is -2.21. The zero-order valence-corrected chi connectivity index (χ0v) is 11.3. The highest BCUT2D eigenvalue weighted by atomic mass is 19.3. The first kappa shape index (κ1) is 15.5. The third kappa shape index (κ3) is 3.72. The molecule has 0 heterocycles. The van der Waals surface area contributed by atoms with Crippen molar-refractivity contribution in [1.29, 1.82) is 0 Å². The number of aryl methyl sites for hydroxylation is 1. The van der Waals surface area contributed by atoms with Gasteiger partial charge in [0.25, 0.3) is 5.92 Å². The molecule has 1 aromatic rings. The van der Waals surface area contributed by atoms with Gasteiger partial charge >= 0.3 is 0 Å². The van der Waals surface area contributed by atoms with Crippen LogP contribution in [-0.4, -0.2) is 11.8 Å². The number of carbonyl (C=O) groups excluding carboxylic acids is 1. The second-order valence-corrected chi connectivity index (χ2v) is 4.49. The highest BCUT2D eigenvalue weighted by molar-refractivity contribution is 5.93. The molecule has 2 nitrogen and oxygen atoms in total. The monoisotopic (exact) mass is 273 g/mol. The van der Waals surface area contributed by atoms with Crippen molar-refractivity contribution >= 4 is 11.6 Å². The molecule has 106 valence electrons. The van der Waals surface area contributed by atoms with Crippen molar-refractivity contribution in [2.45, 2.75) is 39.5 Å². The van der Waals surface area contributed by atoms with E-state index < -0.39 is 24.2 Å². The standard InChI is InChI=1S/C14H18F3NO/c1-4-10-8-11(6-7-12(10)15)18-13(19)9(3)14(16,17)5-2/h6-9H,4-5H2,1-3H3,(H,18,19). The van der Waals surface area contributed by atoms with Gasteiger partial charge in [0.05, 0.1) is 5.92 Å². The molecule has 5 heteroatoms. The first-order valence-corrected chi connectivity index (χ1v) is 6.29. The number of alkyl halides is 2. The Bertz CT molecular complexity index is 460. The minimum atomic E-state index is -3.04. The van der Waals surface area contributed by atoms with E-state index in [-0.39, 0.29) is 5.82 Å². The van der Waals surface area contributed by atoms with Gasteiger partial charge in [-0.2, -0.15) is 0 Å². The van der Waals surface area contributed by atoms with Crippen molar-refractivity contribution in [3.63, 3.8) is 0 Å². The van der Waals surface area contributed by atoms with Crippen LogP contribution in [0.2, 0.25) is 0 Å². The lowest BCUT2D eigenvalue weighted by atomic mass is 10.0. The molecule has 0 aliphatic carbocycles. The van der Waals surface area contributed by atoms with Gasteiger partial charge < -0.3 is 5.32 Å². The maximum absolute atomic E-state index is 13.4. The summed E-state index contributed by atoms with van der Waals surface area (Å²) in [5, 5.41) is 2.40. The highest BCUT2D eigenvalue weighted by Crippen LogP contribution is 2.29. The van der Waals surface area contributed by atoms with E-state index in [9.17, 15) is 18.0 Å². The third-order valence-electron chi connectivity index (χ3n) is 3.19. The molecule has 1 rings (SSSR count). The Hall–Kier alpha value is -1.52. The van der Waals surface area contributed by atoms with E-state index in [1.54, 1.807) is 6.92 Å². The summed E-state index contributed by atoms with van der Waals surface area (Å²) in [6, 6.07) is 4.05. The molecule has 1 amide bonds. The fraction of sp³-hybridized carbons (Fsp3) is 0.500. The quantitative estimate of drug-likeness (QED) is 0.863. The fourth-order valence-corrected chi connectivity index (χ4v) is 1.67. The molecule has 1 N–H and O–H groups in total. The number of anilines is 1. The van der Waals surface area contributed by atoms with E-state index in [2.05, 4.69) is 5.32 Å². The lowest BCUT2D eigenvalue weighted by Crippen LogP contribution is -2.35. The summed E-state index contributed by atoms with van der Waals surface area (Å²) in [4.78, 5) is 11.7. The average molecular weight is 273 g/mol. The lowest BCUT2D eigenvalue weighted by molar-refractivity contribution is -0.133. The fourth-order valence-electron chi connectivity index (χ4n) is 1.67. The van der Waals surface area contributed by atoms with Gasteiger partial charge in [0.1, 0.15) is 5.82 Å². The molecule has 19 heavy (non-hydrogen) atoms. The second-order valence-electron chi connectivity index (χ2n) is 4.49. The van der Waals surface area contributed by atoms with E-state index in [1.807, 2.05) is 0 Å². The first-order valence-electron chi connectivity index (χ1n) is 6.29. The van der Waals surface area contributed by atoms with Gasteiger partial charge in [-0.05, 0) is 37.1 Å². The Morgan fingerprint density at radius 3 is 2.53 bits per heavy atom. The topological polar surface area (TPSA) is 29.1 Å². The molecule has 0 aromatic heterocycles. The van der Waals surface area contributed by atoms with Crippen molar-refractivity contribution in [2.75, 3.05) is 5.32 Å². The molecule has 1 atom stereocenters. The summed E-state index contributed by atoms with van der Waals surface area (Å²) in [5.74, 6) is -5.60. The maximum atomic E-state index is 13.4. The molecular formula is C14H18F3NO. The van der Waals surface area contributed by atoms with E-state index in [0.29, 0.717) is 17.7 Å². The molecule has 1 aromatic carbocycles. The molecule has 0 saturated carbocycles. The molecule has 0 radical (unpaired) electrons. The number of benzene rings is 1. The zero-order valence-electron chi connectivity index (χ0n) is 11.3. The summed E-state index contributed by atoms with van der Waals surface area (Å²) >= 11 is 0. The predicted molar refractivity (Wildman–Crippen MR) is 68.8 cm³/mol. The van der Waals surface area contributed by atoms with Gasteiger partial charge in [0.2, 0.25) is 5.91 Å². The smallest absolute Gasteiger partial charge is 0.259 e. The molecule has 0 aliphatic heterocycles. The second kappa shape index (κ2) is 6.08. The van der Waals surface area contributed by atoms with E-state index >= 15 is 0 Å². The number of halogens is 3. The Morgan fingerprint density at radius 2 is 2.00 bits per heavy atom. The van der Waals surface area contributed by atoms with Gasteiger partial charge in [-0.1, -0.05) is 13.8 Å². The molecule has 0 saturated heterocycles. The highest BCUT2D eigenvalue weighted by Gasteiger charge is 2.39. The average Bonchev–Trinajstić information content (AvgIpc) is 2.39. The number of nitrogens with one attached hydrogen (secondary N) is 1. The molecule has 0 aliphatic rings. The number of hydrogen-bond acceptors (Lipinski definition) is 1. The predicted octanol–water partition coefficient (Wildman–Crippen LogP) is 4.01. The van der Waals surface area contributed by atoms with Crippen LogP contribution < -0.4 is 5.32 Å². The van der Waals surface area contributed by atoms with Crippen molar-refractivity contribution < 1.29 is 18.0 Å². The number of carbonyl (C=O) groups is 1. The van der Waals surface area contributed by atoms with Crippen LogP contribution in [0.15, 0.2) is 18.2 Å². The zero-order chi connectivity index (χ0) is 14.6. The van der Waals surface area contributed by atoms with E-state index in [0.717, 1.165) is 0 Å². The maximum Gasteiger partial charge on any atom is 0.259 e. The van der Waals surface area contributed by atoms with Crippen LogP contribution in [0.5, 0.6) is 0 Å². The molecular weight excluding hydrogens is 255 g/mol. The third-order valence-corrected chi connectivity index (χ3v) is 3.19. The van der Waals surface area contributed by atoms with Crippen molar-refractivity contribution in [3.05, 3.63) is 29.6 Å². The van der Waals surface area contributed by atoms with Gasteiger partial charge in [-0.15, -0.1) is 0 Å². The SMILES string of the molecule is CCc1cc(NC(=O)C(C)C(F)(F)CC)ccc1F. The van der Waals surface area contributed by atoms with Crippen molar-refractivity contribution in [2.24, 2.45) is 5.92 Å². The van der Waals surface area contributed by atoms with Gasteiger partial charge in [0, 0.05) is 12.1 Å². The normalized spacial score (nSPS) is 13.2. The van der Waals surface area contributed by atoms with Crippen molar-refractivity contribution in [1.82, 2.24) is 0 Å². The van der Waals surface area contributed by atoms with Gasteiger partial charge in [-0.25, -0.2) is 13.2 Å². The largest absolute Gasteiger partial charge is 0.326 e. The van der Waals surface area contributed by atoms with Gasteiger partial charge in [0.15, 0.2) is 0 Å². The van der Waals surface area contributed by atoms with Crippen LogP contribution >= 0.6 is 0 Å². The van der Waals surface area contributed by atoms with Gasteiger partial charge in [-0.3, -0.25) is 4.79 Å². The summed E-state index contributed by atoms with van der Waals surface area (Å²) in [5.41, 5.74) is 0.773. The van der Waals surface area contributed by atoms with Crippen LogP contribution in [0.1, 0.15) is 32.8 Å². The Kier molecular flexibility index (Phi) is 4.97.